The highest BCUT2D eigenvalue weighted by molar-refractivity contribution is 5.93. The van der Waals surface area contributed by atoms with Gasteiger partial charge >= 0.3 is 5.97 Å². The molecule has 7 heteroatoms. The highest BCUT2D eigenvalue weighted by Crippen LogP contribution is 2.39. The van der Waals surface area contributed by atoms with Crippen molar-refractivity contribution in [3.8, 4) is 11.5 Å². The molecule has 1 heterocycles. The van der Waals surface area contributed by atoms with Crippen LogP contribution in [0.3, 0.4) is 0 Å². The van der Waals surface area contributed by atoms with Crippen LogP contribution in [-0.2, 0) is 27.2 Å². The molecule has 0 saturated carbocycles. The average Bonchev–Trinajstić information content (AvgIpc) is 2.80. The van der Waals surface area contributed by atoms with Crippen molar-refractivity contribution in [3.05, 3.63) is 53.1 Å². The van der Waals surface area contributed by atoms with E-state index in [1.165, 1.54) is 0 Å². The predicted molar refractivity (Wildman–Crippen MR) is 123 cm³/mol. The van der Waals surface area contributed by atoms with E-state index in [0.29, 0.717) is 24.7 Å². The van der Waals surface area contributed by atoms with Gasteiger partial charge in [0.05, 0.1) is 33.8 Å². The van der Waals surface area contributed by atoms with Crippen molar-refractivity contribution in [2.75, 3.05) is 39.2 Å². The van der Waals surface area contributed by atoms with E-state index in [-0.39, 0.29) is 30.9 Å². The average molecular weight is 441 g/mol. The Hall–Kier alpha value is -3.06. The number of esters is 1. The molecule has 0 spiro atoms. The Bertz CT molecular complexity index is 959. The molecular weight excluding hydrogens is 408 g/mol. The lowest BCUT2D eigenvalue weighted by Gasteiger charge is -2.37. The topological polar surface area (TPSA) is 77.1 Å². The number of aryl methyl sites for hydroxylation is 1. The SMILES string of the molecule is CCOC(=O)C[C@@H]1c2cc(OC)c(OC)cc2CCN1CC(=O)Nc1ccccc1CC. The van der Waals surface area contributed by atoms with Crippen molar-refractivity contribution in [3.63, 3.8) is 0 Å². The number of benzene rings is 2. The lowest BCUT2D eigenvalue weighted by Crippen LogP contribution is -2.41. The highest BCUT2D eigenvalue weighted by Gasteiger charge is 2.32. The third kappa shape index (κ3) is 5.40. The smallest absolute Gasteiger partial charge is 0.307 e. The van der Waals surface area contributed by atoms with E-state index in [4.69, 9.17) is 14.2 Å². The molecule has 7 nitrogen and oxygen atoms in total. The fourth-order valence-corrected chi connectivity index (χ4v) is 4.21. The molecule has 1 amide bonds. The number of hydrogen-bond acceptors (Lipinski definition) is 6. The summed E-state index contributed by atoms with van der Waals surface area (Å²) in [5, 5.41) is 3.03. The van der Waals surface area contributed by atoms with Gasteiger partial charge in [0.15, 0.2) is 11.5 Å². The Kier molecular flexibility index (Phi) is 8.11. The molecule has 0 fully saturated rings. The van der Waals surface area contributed by atoms with Crippen LogP contribution in [0.4, 0.5) is 5.69 Å². The summed E-state index contributed by atoms with van der Waals surface area (Å²) in [5.41, 5.74) is 3.96. The van der Waals surface area contributed by atoms with E-state index in [2.05, 4.69) is 12.2 Å². The number of nitrogens with zero attached hydrogens (tertiary/aromatic N) is 1. The summed E-state index contributed by atoms with van der Waals surface area (Å²) in [4.78, 5) is 27.4. The fourth-order valence-electron chi connectivity index (χ4n) is 4.21. The molecule has 3 rings (SSSR count). The van der Waals surface area contributed by atoms with Gasteiger partial charge in [0.25, 0.3) is 0 Å². The largest absolute Gasteiger partial charge is 0.493 e. The summed E-state index contributed by atoms with van der Waals surface area (Å²) >= 11 is 0. The second-order valence-electron chi connectivity index (χ2n) is 7.71. The molecule has 2 aromatic carbocycles. The maximum atomic E-state index is 12.9. The Balaban J connectivity index is 1.86. The Labute approximate surface area is 189 Å². The number of nitrogens with one attached hydrogen (secondary N) is 1. The van der Waals surface area contributed by atoms with Gasteiger partial charge in [-0.25, -0.2) is 0 Å². The zero-order valence-electron chi connectivity index (χ0n) is 19.3. The molecule has 32 heavy (non-hydrogen) atoms. The number of anilines is 1. The number of ether oxygens (including phenoxy) is 3. The second-order valence-corrected chi connectivity index (χ2v) is 7.71. The summed E-state index contributed by atoms with van der Waals surface area (Å²) < 4.78 is 16.1. The van der Waals surface area contributed by atoms with Crippen LogP contribution in [0.5, 0.6) is 11.5 Å². The van der Waals surface area contributed by atoms with Crippen LogP contribution in [0, 0.1) is 0 Å². The zero-order chi connectivity index (χ0) is 23.1. The highest BCUT2D eigenvalue weighted by atomic mass is 16.5. The minimum atomic E-state index is -0.290. The maximum absolute atomic E-state index is 12.9. The normalized spacial score (nSPS) is 15.6. The minimum absolute atomic E-state index is 0.108. The molecule has 1 aliphatic rings. The molecule has 1 N–H and O–H groups in total. The van der Waals surface area contributed by atoms with Crippen LogP contribution in [0.25, 0.3) is 0 Å². The molecule has 0 aromatic heterocycles. The quantitative estimate of drug-likeness (QED) is 0.599. The number of para-hydroxylation sites is 1. The predicted octanol–water partition coefficient (Wildman–Crippen LogP) is 3.76. The fraction of sp³-hybridized carbons (Fsp3) is 0.440. The first-order valence-electron chi connectivity index (χ1n) is 11.0. The zero-order valence-corrected chi connectivity index (χ0v) is 19.3. The van der Waals surface area contributed by atoms with Crippen molar-refractivity contribution in [1.29, 1.82) is 0 Å². The third-order valence-electron chi connectivity index (χ3n) is 5.80. The van der Waals surface area contributed by atoms with Crippen molar-refractivity contribution in [2.24, 2.45) is 0 Å². The molecule has 0 unspecified atom stereocenters. The van der Waals surface area contributed by atoms with E-state index < -0.39 is 0 Å². The van der Waals surface area contributed by atoms with Crippen LogP contribution in [-0.4, -0.2) is 50.7 Å². The lowest BCUT2D eigenvalue weighted by molar-refractivity contribution is -0.145. The van der Waals surface area contributed by atoms with Crippen molar-refractivity contribution in [2.45, 2.75) is 39.2 Å². The van der Waals surface area contributed by atoms with E-state index in [1.807, 2.05) is 41.3 Å². The van der Waals surface area contributed by atoms with Crippen molar-refractivity contribution in [1.82, 2.24) is 4.90 Å². The van der Waals surface area contributed by atoms with Gasteiger partial charge in [-0.1, -0.05) is 25.1 Å². The van der Waals surface area contributed by atoms with Gasteiger partial charge in [0, 0.05) is 18.3 Å². The molecule has 0 aliphatic carbocycles. The van der Waals surface area contributed by atoms with Gasteiger partial charge in [-0.05, 0) is 54.7 Å². The van der Waals surface area contributed by atoms with E-state index in [0.717, 1.165) is 35.2 Å². The monoisotopic (exact) mass is 440 g/mol. The second kappa shape index (κ2) is 11.0. The Morgan fingerprint density at radius 1 is 1.09 bits per heavy atom. The standard InChI is InChI=1S/C25H32N2O5/c1-5-17-9-7-8-10-20(17)26-24(28)16-27-12-11-18-13-22(30-3)23(31-4)14-19(18)21(27)15-25(29)32-6-2/h7-10,13-14,21H,5-6,11-12,15-16H2,1-4H3,(H,26,28)/t21-/m1/s1. The summed E-state index contributed by atoms with van der Waals surface area (Å²) in [5.74, 6) is 0.859. The number of carbonyl (C=O) groups is 2. The van der Waals surface area contributed by atoms with E-state index in [1.54, 1.807) is 21.1 Å². The number of rotatable bonds is 9. The first-order chi connectivity index (χ1) is 15.5. The minimum Gasteiger partial charge on any atom is -0.493 e. The summed E-state index contributed by atoms with van der Waals surface area (Å²) in [6.07, 6.45) is 1.74. The van der Waals surface area contributed by atoms with E-state index >= 15 is 0 Å². The van der Waals surface area contributed by atoms with Gasteiger partial charge < -0.3 is 19.5 Å². The van der Waals surface area contributed by atoms with E-state index in [9.17, 15) is 9.59 Å². The number of fused-ring (bicyclic) bond motifs is 1. The molecule has 0 saturated heterocycles. The van der Waals surface area contributed by atoms with Crippen LogP contribution in [0.15, 0.2) is 36.4 Å². The molecule has 172 valence electrons. The van der Waals surface area contributed by atoms with Crippen LogP contribution in [0.2, 0.25) is 0 Å². The molecule has 1 atom stereocenters. The molecule has 2 aromatic rings. The van der Waals surface area contributed by atoms with Gasteiger partial charge in [-0.3, -0.25) is 14.5 Å². The van der Waals surface area contributed by atoms with Crippen molar-refractivity contribution < 1.29 is 23.8 Å². The third-order valence-corrected chi connectivity index (χ3v) is 5.80. The summed E-state index contributed by atoms with van der Waals surface area (Å²) in [6, 6.07) is 11.4. The van der Waals surface area contributed by atoms with Crippen LogP contribution < -0.4 is 14.8 Å². The molecule has 0 radical (unpaired) electrons. The van der Waals surface area contributed by atoms with Gasteiger partial charge in [-0.2, -0.15) is 0 Å². The number of carbonyl (C=O) groups excluding carboxylic acids is 2. The maximum Gasteiger partial charge on any atom is 0.307 e. The number of hydrogen-bond donors (Lipinski definition) is 1. The number of amides is 1. The van der Waals surface area contributed by atoms with Crippen LogP contribution in [0.1, 0.15) is 43.0 Å². The molecular formula is C25H32N2O5. The van der Waals surface area contributed by atoms with Gasteiger partial charge in [0.2, 0.25) is 5.91 Å². The number of methoxy groups -OCH3 is 2. The molecule has 0 bridgehead atoms. The Morgan fingerprint density at radius 3 is 2.50 bits per heavy atom. The first-order valence-corrected chi connectivity index (χ1v) is 11.0. The van der Waals surface area contributed by atoms with Crippen molar-refractivity contribution >= 4 is 17.6 Å². The Morgan fingerprint density at radius 2 is 1.81 bits per heavy atom. The first kappa shape index (κ1) is 23.6. The van der Waals surface area contributed by atoms with Gasteiger partial charge in [-0.15, -0.1) is 0 Å². The lowest BCUT2D eigenvalue weighted by atomic mass is 9.90. The molecule has 1 aliphatic heterocycles. The van der Waals surface area contributed by atoms with Crippen LogP contribution >= 0.6 is 0 Å². The summed E-state index contributed by atoms with van der Waals surface area (Å²) in [6.45, 7) is 4.99. The summed E-state index contributed by atoms with van der Waals surface area (Å²) in [7, 11) is 3.19. The van der Waals surface area contributed by atoms with Gasteiger partial charge in [0.1, 0.15) is 0 Å².